The topological polar surface area (TPSA) is 90.3 Å². The maximum absolute atomic E-state index is 12.6. The van der Waals surface area contributed by atoms with Crippen LogP contribution in [0.25, 0.3) is 5.69 Å². The number of hydrogen-bond acceptors (Lipinski definition) is 5. The maximum atomic E-state index is 12.6. The van der Waals surface area contributed by atoms with Gasteiger partial charge >= 0.3 is 0 Å². The molecular formula is C17H12Cl3N3O4S. The highest BCUT2D eigenvalue weighted by Crippen LogP contribution is 2.29. The molecule has 1 aromatic heterocycles. The maximum Gasteiger partial charge on any atom is 0.285 e. The Labute approximate surface area is 175 Å². The summed E-state index contributed by atoms with van der Waals surface area (Å²) in [4.78, 5) is 12.1. The first-order valence-electron chi connectivity index (χ1n) is 7.64. The Morgan fingerprint density at radius 1 is 1.04 bits per heavy atom. The normalized spacial score (nSPS) is 11.3. The van der Waals surface area contributed by atoms with Crippen LogP contribution < -0.4 is 9.46 Å². The first kappa shape index (κ1) is 20.5. The minimum atomic E-state index is -4.33. The Morgan fingerprint density at radius 2 is 1.64 bits per heavy atom. The Balaban J connectivity index is 1.97. The Kier molecular flexibility index (Phi) is 5.85. The van der Waals surface area contributed by atoms with Crippen LogP contribution in [0.2, 0.25) is 15.1 Å². The van der Waals surface area contributed by atoms with E-state index < -0.39 is 20.8 Å². The van der Waals surface area contributed by atoms with Gasteiger partial charge in [-0.25, -0.2) is 13.1 Å². The van der Waals surface area contributed by atoms with E-state index in [4.69, 9.17) is 39.5 Å². The van der Waals surface area contributed by atoms with E-state index in [1.807, 2.05) is 4.72 Å². The van der Waals surface area contributed by atoms with E-state index in [9.17, 15) is 13.2 Å². The summed E-state index contributed by atoms with van der Waals surface area (Å²) >= 11 is 18.0. The number of benzene rings is 2. The summed E-state index contributed by atoms with van der Waals surface area (Å²) in [6.45, 7) is 0. The van der Waals surface area contributed by atoms with E-state index in [0.717, 1.165) is 0 Å². The molecular weight excluding hydrogens is 449 g/mol. The molecule has 0 spiro atoms. The number of sulfonamides is 1. The zero-order valence-corrected chi connectivity index (χ0v) is 17.3. The molecule has 0 unspecified atom stereocenters. The van der Waals surface area contributed by atoms with Crippen LogP contribution in [0.5, 0.6) is 5.88 Å². The largest absolute Gasteiger partial charge is 0.481 e. The highest BCUT2D eigenvalue weighted by molar-refractivity contribution is 7.90. The molecule has 11 heteroatoms. The summed E-state index contributed by atoms with van der Waals surface area (Å²) in [7, 11) is -2.95. The Hall–Kier alpha value is -2.26. The number of halogens is 3. The molecule has 0 aliphatic carbocycles. The summed E-state index contributed by atoms with van der Waals surface area (Å²) in [5, 5.41) is 4.23. The van der Waals surface area contributed by atoms with Crippen LogP contribution in [0.3, 0.4) is 0 Å². The van der Waals surface area contributed by atoms with Gasteiger partial charge in [0.15, 0.2) is 5.69 Å². The van der Waals surface area contributed by atoms with E-state index in [0.29, 0.717) is 10.7 Å². The molecule has 3 aromatic rings. The fourth-order valence-electron chi connectivity index (χ4n) is 2.38. The van der Waals surface area contributed by atoms with Gasteiger partial charge in [-0.1, -0.05) is 53.0 Å². The second-order valence-corrected chi connectivity index (χ2v) is 8.26. The van der Waals surface area contributed by atoms with Crippen LogP contribution in [-0.2, 0) is 10.0 Å². The van der Waals surface area contributed by atoms with E-state index in [1.54, 1.807) is 24.3 Å². The van der Waals surface area contributed by atoms with E-state index in [1.165, 1.54) is 36.1 Å². The van der Waals surface area contributed by atoms with Gasteiger partial charge in [-0.05, 0) is 24.3 Å². The molecule has 0 atom stereocenters. The lowest BCUT2D eigenvalue weighted by molar-refractivity contribution is 0.0976. The van der Waals surface area contributed by atoms with Crippen LogP contribution in [0, 0.1) is 0 Å². The lowest BCUT2D eigenvalue weighted by Gasteiger charge is -2.09. The highest BCUT2D eigenvalue weighted by atomic mass is 35.5. The van der Waals surface area contributed by atoms with Gasteiger partial charge in [0.05, 0.1) is 27.9 Å². The molecule has 146 valence electrons. The smallest absolute Gasteiger partial charge is 0.285 e. The van der Waals surface area contributed by atoms with Crippen molar-refractivity contribution in [3.05, 3.63) is 69.3 Å². The molecule has 1 N–H and O–H groups in total. The number of rotatable bonds is 5. The lowest BCUT2D eigenvalue weighted by atomic mass is 10.3. The monoisotopic (exact) mass is 459 g/mol. The average Bonchev–Trinajstić information content (AvgIpc) is 3.05. The third-order valence-electron chi connectivity index (χ3n) is 3.61. The van der Waals surface area contributed by atoms with Gasteiger partial charge in [0.25, 0.3) is 15.9 Å². The van der Waals surface area contributed by atoms with Crippen molar-refractivity contribution < 1.29 is 17.9 Å². The number of para-hydroxylation sites is 1. The van der Waals surface area contributed by atoms with Crippen molar-refractivity contribution in [3.8, 4) is 11.6 Å². The molecule has 0 aliphatic rings. The van der Waals surface area contributed by atoms with Gasteiger partial charge < -0.3 is 4.74 Å². The molecule has 0 bridgehead atoms. The Morgan fingerprint density at radius 3 is 2.25 bits per heavy atom. The minimum Gasteiger partial charge on any atom is -0.481 e. The number of aromatic nitrogens is 2. The second-order valence-electron chi connectivity index (χ2n) is 5.42. The quantitative estimate of drug-likeness (QED) is 0.622. The molecule has 0 radical (unpaired) electrons. The third kappa shape index (κ3) is 3.95. The third-order valence-corrected chi connectivity index (χ3v) is 6.22. The summed E-state index contributed by atoms with van der Waals surface area (Å²) < 4.78 is 33.5. The van der Waals surface area contributed by atoms with Gasteiger partial charge in [-0.15, -0.1) is 0 Å². The zero-order chi connectivity index (χ0) is 20.5. The van der Waals surface area contributed by atoms with Crippen molar-refractivity contribution >= 4 is 50.7 Å². The standard InChI is InChI=1S/C17H12Cl3N3O4S/c1-27-15-9-13(21-23(15)14-8-3-2-5-10(14)18)17(24)22-28(25,26)16-11(19)6-4-7-12(16)20/h2-9H,1H3,(H,22,24). The number of methoxy groups -OCH3 is 1. The molecule has 28 heavy (non-hydrogen) atoms. The van der Waals surface area contributed by atoms with Crippen molar-refractivity contribution in [1.29, 1.82) is 0 Å². The number of nitrogens with zero attached hydrogens (tertiary/aromatic N) is 2. The van der Waals surface area contributed by atoms with E-state index >= 15 is 0 Å². The van der Waals surface area contributed by atoms with E-state index in [-0.39, 0.29) is 21.6 Å². The number of carbonyl (C=O) groups excluding carboxylic acids is 1. The number of ether oxygens (including phenoxy) is 1. The molecule has 1 amide bonds. The first-order valence-corrected chi connectivity index (χ1v) is 10.3. The molecule has 0 aliphatic heterocycles. The fraction of sp³-hybridized carbons (Fsp3) is 0.0588. The SMILES string of the molecule is COc1cc(C(=O)NS(=O)(=O)c2c(Cl)cccc2Cl)nn1-c1ccccc1Cl. The van der Waals surface area contributed by atoms with Gasteiger partial charge in [0.1, 0.15) is 4.90 Å². The molecule has 1 heterocycles. The van der Waals surface area contributed by atoms with Gasteiger partial charge in [0, 0.05) is 6.07 Å². The van der Waals surface area contributed by atoms with Crippen molar-refractivity contribution in [1.82, 2.24) is 14.5 Å². The second kappa shape index (κ2) is 8.00. The number of nitrogens with one attached hydrogen (secondary N) is 1. The molecule has 0 saturated carbocycles. The summed E-state index contributed by atoms with van der Waals surface area (Å²) in [6, 6.07) is 12.2. The van der Waals surface area contributed by atoms with Crippen LogP contribution >= 0.6 is 34.8 Å². The number of amides is 1. The summed E-state index contributed by atoms with van der Waals surface area (Å²) in [6.07, 6.45) is 0. The van der Waals surface area contributed by atoms with Crippen LogP contribution in [0.15, 0.2) is 53.4 Å². The average molecular weight is 461 g/mol. The zero-order valence-electron chi connectivity index (χ0n) is 14.2. The van der Waals surface area contributed by atoms with Gasteiger partial charge in [0.2, 0.25) is 5.88 Å². The number of hydrogen-bond donors (Lipinski definition) is 1. The first-order chi connectivity index (χ1) is 13.2. The molecule has 0 saturated heterocycles. The van der Waals surface area contributed by atoms with Gasteiger partial charge in [-0.3, -0.25) is 4.79 Å². The lowest BCUT2D eigenvalue weighted by Crippen LogP contribution is -2.31. The van der Waals surface area contributed by atoms with E-state index in [2.05, 4.69) is 5.10 Å². The molecule has 3 rings (SSSR count). The van der Waals surface area contributed by atoms with Crippen molar-refractivity contribution in [2.75, 3.05) is 7.11 Å². The molecule has 7 nitrogen and oxygen atoms in total. The molecule has 2 aromatic carbocycles. The molecule has 0 fully saturated rings. The summed E-state index contributed by atoms with van der Waals surface area (Å²) in [5.74, 6) is -0.800. The predicted octanol–water partition coefficient (Wildman–Crippen LogP) is 3.96. The fourth-order valence-corrected chi connectivity index (χ4v) is 4.70. The van der Waals surface area contributed by atoms with Crippen LogP contribution in [0.4, 0.5) is 0 Å². The van der Waals surface area contributed by atoms with Crippen molar-refractivity contribution in [2.24, 2.45) is 0 Å². The van der Waals surface area contributed by atoms with Crippen molar-refractivity contribution in [2.45, 2.75) is 4.90 Å². The number of carbonyl (C=O) groups is 1. The Bertz CT molecular complexity index is 1140. The van der Waals surface area contributed by atoms with Crippen LogP contribution in [-0.4, -0.2) is 31.2 Å². The minimum absolute atomic E-state index is 0.119. The summed E-state index contributed by atoms with van der Waals surface area (Å²) in [5.41, 5.74) is 0.251. The highest BCUT2D eigenvalue weighted by Gasteiger charge is 2.26. The van der Waals surface area contributed by atoms with Gasteiger partial charge in [-0.2, -0.15) is 9.78 Å². The van der Waals surface area contributed by atoms with Crippen LogP contribution in [0.1, 0.15) is 10.5 Å². The predicted molar refractivity (Wildman–Crippen MR) is 106 cm³/mol. The van der Waals surface area contributed by atoms with Crippen molar-refractivity contribution in [3.63, 3.8) is 0 Å².